The molecule has 180 valence electrons. The molecule has 0 unspecified atom stereocenters. The summed E-state index contributed by atoms with van der Waals surface area (Å²) in [5.74, 6) is 0. The number of benzene rings is 4. The lowest BCUT2D eigenvalue weighted by molar-refractivity contribution is 0.660. The zero-order chi connectivity index (χ0) is 25.6. The molecule has 6 rings (SSSR count). The van der Waals surface area contributed by atoms with Crippen molar-refractivity contribution in [3.63, 3.8) is 0 Å². The van der Waals surface area contributed by atoms with Crippen LogP contribution in [0.15, 0.2) is 116 Å². The standard InChI is InChI=1S/C37H32/c1-25-14-20-33-34-21-19-30(24-36(34)37(3,4)35(33)22-25)28-17-15-27(16-18-28)26(2)23-31-12-8-9-13-32(31)29-10-6-5-7-11-29/h5-10,12-24H,2,11H2,1,3-4H3/b31-23-,32-29-. The number of fused-ring (bicyclic) bond motifs is 3. The molecule has 0 aliphatic heterocycles. The van der Waals surface area contributed by atoms with Gasteiger partial charge in [-0.3, -0.25) is 0 Å². The SMILES string of the molecule is C=C(/C=c1/cccc/c1=C1\C=CC=CC1)c1ccc(-c2ccc3c(c2)C(C)(C)c2cc(C)ccc2-3)cc1. The molecule has 0 fully saturated rings. The van der Waals surface area contributed by atoms with Crippen molar-refractivity contribution in [3.8, 4) is 22.3 Å². The van der Waals surface area contributed by atoms with E-state index in [0.29, 0.717) is 0 Å². The third-order valence-corrected chi connectivity index (χ3v) is 7.94. The van der Waals surface area contributed by atoms with Crippen LogP contribution in [0.4, 0.5) is 0 Å². The van der Waals surface area contributed by atoms with Crippen molar-refractivity contribution in [2.45, 2.75) is 32.6 Å². The van der Waals surface area contributed by atoms with Crippen LogP contribution in [-0.2, 0) is 5.41 Å². The van der Waals surface area contributed by atoms with Gasteiger partial charge >= 0.3 is 0 Å². The van der Waals surface area contributed by atoms with Crippen LogP contribution in [0, 0.1) is 6.92 Å². The Morgan fingerprint density at radius 2 is 1.49 bits per heavy atom. The summed E-state index contributed by atoms with van der Waals surface area (Å²) >= 11 is 0. The summed E-state index contributed by atoms with van der Waals surface area (Å²) in [6, 6.07) is 31.3. The van der Waals surface area contributed by atoms with E-state index in [4.69, 9.17) is 0 Å². The van der Waals surface area contributed by atoms with E-state index < -0.39 is 0 Å². The van der Waals surface area contributed by atoms with Gasteiger partial charge in [-0.15, -0.1) is 0 Å². The van der Waals surface area contributed by atoms with Crippen molar-refractivity contribution in [2.75, 3.05) is 0 Å². The van der Waals surface area contributed by atoms with Crippen molar-refractivity contribution in [1.29, 1.82) is 0 Å². The third-order valence-electron chi connectivity index (χ3n) is 7.94. The fraction of sp³-hybridized carbons (Fsp3) is 0.135. The Morgan fingerprint density at radius 3 is 2.24 bits per heavy atom. The molecule has 0 nitrogen and oxygen atoms in total. The summed E-state index contributed by atoms with van der Waals surface area (Å²) < 4.78 is 0. The molecule has 0 amide bonds. The van der Waals surface area contributed by atoms with Gasteiger partial charge in [0.25, 0.3) is 0 Å². The molecule has 0 N–H and O–H groups in total. The number of hydrogen-bond acceptors (Lipinski definition) is 0. The lowest BCUT2D eigenvalue weighted by Gasteiger charge is -2.22. The average Bonchev–Trinajstić information content (AvgIpc) is 3.15. The molecule has 4 aromatic rings. The van der Waals surface area contributed by atoms with Crippen LogP contribution < -0.4 is 10.4 Å². The Balaban J connectivity index is 1.32. The molecule has 2 aliphatic rings. The summed E-state index contributed by atoms with van der Waals surface area (Å²) in [7, 11) is 0. The van der Waals surface area contributed by atoms with Gasteiger partial charge in [0.1, 0.15) is 0 Å². The highest BCUT2D eigenvalue weighted by atomic mass is 14.4. The summed E-state index contributed by atoms with van der Waals surface area (Å²) in [6.45, 7) is 11.3. The van der Waals surface area contributed by atoms with Gasteiger partial charge in [0.05, 0.1) is 0 Å². The van der Waals surface area contributed by atoms with Crippen molar-refractivity contribution in [2.24, 2.45) is 0 Å². The highest BCUT2D eigenvalue weighted by Crippen LogP contribution is 2.49. The van der Waals surface area contributed by atoms with Crippen molar-refractivity contribution in [3.05, 3.63) is 149 Å². The van der Waals surface area contributed by atoms with E-state index in [1.807, 2.05) is 0 Å². The van der Waals surface area contributed by atoms with Gasteiger partial charge < -0.3 is 0 Å². The van der Waals surface area contributed by atoms with Crippen molar-refractivity contribution >= 4 is 17.2 Å². The Hall–Kier alpha value is -4.16. The van der Waals surface area contributed by atoms with Crippen LogP contribution in [0.25, 0.3) is 39.5 Å². The van der Waals surface area contributed by atoms with Gasteiger partial charge in [0.2, 0.25) is 0 Å². The van der Waals surface area contributed by atoms with E-state index in [-0.39, 0.29) is 5.41 Å². The molecule has 0 heteroatoms. The second-order valence-corrected chi connectivity index (χ2v) is 10.8. The lowest BCUT2D eigenvalue weighted by Crippen LogP contribution is -2.26. The summed E-state index contributed by atoms with van der Waals surface area (Å²) in [6.07, 6.45) is 11.8. The fourth-order valence-electron chi connectivity index (χ4n) is 5.81. The van der Waals surface area contributed by atoms with Crippen molar-refractivity contribution < 1.29 is 0 Å². The Kier molecular flexibility index (Phi) is 5.69. The highest BCUT2D eigenvalue weighted by molar-refractivity contribution is 5.88. The number of rotatable bonds is 3. The molecule has 0 heterocycles. The molecule has 0 saturated carbocycles. The van der Waals surface area contributed by atoms with E-state index in [1.165, 1.54) is 55.0 Å². The molecule has 0 radical (unpaired) electrons. The second kappa shape index (κ2) is 9.05. The molecular weight excluding hydrogens is 444 g/mol. The summed E-state index contributed by atoms with van der Waals surface area (Å²) in [4.78, 5) is 0. The van der Waals surface area contributed by atoms with Gasteiger partial charge in [0, 0.05) is 5.41 Å². The van der Waals surface area contributed by atoms with E-state index in [0.717, 1.165) is 17.6 Å². The smallest absolute Gasteiger partial charge is 0.0159 e. The minimum atomic E-state index is 0.00456. The quantitative estimate of drug-likeness (QED) is 0.280. The molecule has 0 spiro atoms. The number of hydrogen-bond donors (Lipinski definition) is 0. The van der Waals surface area contributed by atoms with Gasteiger partial charge in [-0.05, 0) is 86.0 Å². The van der Waals surface area contributed by atoms with Crippen LogP contribution in [0.1, 0.15) is 42.5 Å². The Morgan fingerprint density at radius 1 is 0.784 bits per heavy atom. The van der Waals surface area contributed by atoms with E-state index in [9.17, 15) is 0 Å². The zero-order valence-corrected chi connectivity index (χ0v) is 21.9. The topological polar surface area (TPSA) is 0 Å². The molecular formula is C37H32. The van der Waals surface area contributed by atoms with Crippen LogP contribution in [0.5, 0.6) is 0 Å². The van der Waals surface area contributed by atoms with Crippen LogP contribution >= 0.6 is 0 Å². The number of aryl methyl sites for hydroxylation is 1. The molecule has 0 aromatic heterocycles. The lowest BCUT2D eigenvalue weighted by atomic mass is 9.81. The van der Waals surface area contributed by atoms with Gasteiger partial charge in [-0.25, -0.2) is 0 Å². The summed E-state index contributed by atoms with van der Waals surface area (Å²) in [5.41, 5.74) is 12.9. The van der Waals surface area contributed by atoms with E-state index >= 15 is 0 Å². The first-order valence-electron chi connectivity index (χ1n) is 13.1. The Labute approximate surface area is 220 Å². The van der Waals surface area contributed by atoms with Crippen LogP contribution in [0.3, 0.4) is 0 Å². The molecule has 0 atom stereocenters. The Bertz CT molecular complexity index is 1720. The first-order chi connectivity index (χ1) is 17.9. The fourth-order valence-corrected chi connectivity index (χ4v) is 5.81. The monoisotopic (exact) mass is 476 g/mol. The molecule has 4 aromatic carbocycles. The third kappa shape index (κ3) is 4.13. The van der Waals surface area contributed by atoms with Gasteiger partial charge in [0.15, 0.2) is 0 Å². The molecule has 2 aliphatic carbocycles. The first kappa shape index (κ1) is 23.3. The molecule has 0 bridgehead atoms. The second-order valence-electron chi connectivity index (χ2n) is 10.8. The molecule has 37 heavy (non-hydrogen) atoms. The van der Waals surface area contributed by atoms with Gasteiger partial charge in [-0.2, -0.15) is 0 Å². The van der Waals surface area contributed by atoms with E-state index in [1.54, 1.807) is 0 Å². The van der Waals surface area contributed by atoms with Crippen LogP contribution in [-0.4, -0.2) is 0 Å². The first-order valence-corrected chi connectivity index (χ1v) is 13.1. The van der Waals surface area contributed by atoms with Gasteiger partial charge in [-0.1, -0.05) is 129 Å². The predicted molar refractivity (Wildman–Crippen MR) is 160 cm³/mol. The van der Waals surface area contributed by atoms with E-state index in [2.05, 4.69) is 143 Å². The predicted octanol–water partition coefficient (Wildman–Crippen LogP) is 8.13. The van der Waals surface area contributed by atoms with Crippen LogP contribution in [0.2, 0.25) is 0 Å². The average molecular weight is 477 g/mol. The summed E-state index contributed by atoms with van der Waals surface area (Å²) in [5, 5.41) is 2.49. The minimum Gasteiger partial charge on any atom is -0.0911 e. The minimum absolute atomic E-state index is 0.00456. The maximum atomic E-state index is 4.41. The maximum absolute atomic E-state index is 4.41. The maximum Gasteiger partial charge on any atom is 0.0159 e. The number of allylic oxidation sites excluding steroid dienone is 5. The van der Waals surface area contributed by atoms with Crippen molar-refractivity contribution in [1.82, 2.24) is 0 Å². The zero-order valence-electron chi connectivity index (χ0n) is 21.9. The largest absolute Gasteiger partial charge is 0.0911 e. The molecule has 0 saturated heterocycles. The normalized spacial score (nSPS) is 17.0. The highest BCUT2D eigenvalue weighted by Gasteiger charge is 2.35.